The Kier molecular flexibility index (Phi) is 4.13. The summed E-state index contributed by atoms with van der Waals surface area (Å²) in [6.07, 6.45) is 2.20. The molecule has 0 N–H and O–H groups in total. The molecule has 0 radical (unpaired) electrons. The Morgan fingerprint density at radius 3 is 2.38 bits per heavy atom. The molecule has 0 spiro atoms. The summed E-state index contributed by atoms with van der Waals surface area (Å²) in [5, 5.41) is 12.3. The number of thioether (sulfide) groups is 1. The Hall–Kier alpha value is -2.47. The zero-order chi connectivity index (χ0) is 16.4. The smallest absolute Gasteiger partial charge is 0.210 e. The van der Waals surface area contributed by atoms with E-state index in [2.05, 4.69) is 15.5 Å². The van der Waals surface area contributed by atoms with Gasteiger partial charge in [0, 0.05) is 5.56 Å². The van der Waals surface area contributed by atoms with Gasteiger partial charge in [-0.3, -0.25) is 4.79 Å². The molecule has 1 saturated carbocycles. The zero-order valence-corrected chi connectivity index (χ0v) is 13.8. The first-order chi connectivity index (χ1) is 11.8. The van der Waals surface area contributed by atoms with Gasteiger partial charge in [-0.05, 0) is 28.8 Å². The Morgan fingerprint density at radius 2 is 1.71 bits per heavy atom. The molecule has 0 unspecified atom stereocenters. The van der Waals surface area contributed by atoms with E-state index < -0.39 is 0 Å². The van der Waals surface area contributed by atoms with E-state index in [1.807, 2.05) is 65.3 Å². The lowest BCUT2D eigenvalue weighted by atomic mass is 10.0. The molecule has 1 aliphatic rings. The van der Waals surface area contributed by atoms with Crippen LogP contribution in [0.2, 0.25) is 0 Å². The zero-order valence-electron chi connectivity index (χ0n) is 12.9. The molecule has 1 fully saturated rings. The van der Waals surface area contributed by atoms with E-state index in [4.69, 9.17) is 0 Å². The molecule has 6 heteroatoms. The normalized spacial score (nSPS) is 15.2. The molecule has 2 aromatic carbocycles. The molecule has 0 aliphatic heterocycles. The van der Waals surface area contributed by atoms with Crippen molar-refractivity contribution in [2.45, 2.75) is 29.3 Å². The van der Waals surface area contributed by atoms with Gasteiger partial charge in [-0.15, -0.1) is 5.10 Å². The predicted octanol–water partition coefficient (Wildman–Crippen LogP) is 3.72. The van der Waals surface area contributed by atoms with Gasteiger partial charge >= 0.3 is 0 Å². The lowest BCUT2D eigenvalue weighted by Gasteiger charge is -2.15. The summed E-state index contributed by atoms with van der Waals surface area (Å²) >= 11 is 1.42. The molecule has 3 aromatic rings. The highest BCUT2D eigenvalue weighted by molar-refractivity contribution is 8.00. The Bertz CT molecular complexity index is 830. The van der Waals surface area contributed by atoms with Gasteiger partial charge in [-0.1, -0.05) is 72.4 Å². The van der Waals surface area contributed by atoms with Gasteiger partial charge in [-0.25, -0.2) is 4.68 Å². The van der Waals surface area contributed by atoms with Crippen LogP contribution in [0.4, 0.5) is 0 Å². The van der Waals surface area contributed by atoms with Crippen LogP contribution in [-0.2, 0) is 0 Å². The van der Waals surface area contributed by atoms with Crippen LogP contribution in [0.3, 0.4) is 0 Å². The monoisotopic (exact) mass is 336 g/mol. The maximum atomic E-state index is 13.1. The molecule has 1 heterocycles. The lowest BCUT2D eigenvalue weighted by molar-refractivity contribution is 0.0989. The van der Waals surface area contributed by atoms with E-state index in [0.717, 1.165) is 18.4 Å². The summed E-state index contributed by atoms with van der Waals surface area (Å²) in [6, 6.07) is 19.6. The quantitative estimate of drug-likeness (QED) is 0.507. The molecule has 4 rings (SSSR count). The van der Waals surface area contributed by atoms with Crippen LogP contribution in [-0.4, -0.2) is 26.0 Å². The number of tetrazole rings is 1. The van der Waals surface area contributed by atoms with Gasteiger partial charge in [-0.2, -0.15) is 0 Å². The fraction of sp³-hybridized carbons (Fsp3) is 0.222. The fourth-order valence-electron chi connectivity index (χ4n) is 2.57. The molecule has 1 aromatic heterocycles. The van der Waals surface area contributed by atoms with Gasteiger partial charge in [0.2, 0.25) is 5.16 Å². The van der Waals surface area contributed by atoms with Gasteiger partial charge in [0.15, 0.2) is 5.78 Å². The van der Waals surface area contributed by atoms with Crippen LogP contribution in [0.5, 0.6) is 0 Å². The van der Waals surface area contributed by atoms with Gasteiger partial charge in [0.25, 0.3) is 0 Å². The van der Waals surface area contributed by atoms with Gasteiger partial charge < -0.3 is 0 Å². The summed E-state index contributed by atoms with van der Waals surface area (Å²) in [4.78, 5) is 13.1. The number of hydrogen-bond acceptors (Lipinski definition) is 5. The average molecular weight is 336 g/mol. The van der Waals surface area contributed by atoms with Crippen LogP contribution in [0.15, 0.2) is 65.8 Å². The van der Waals surface area contributed by atoms with Crippen LogP contribution in [0.1, 0.15) is 40.1 Å². The standard InChI is InChI=1S/C18H16N4OS/c23-16(13-7-3-1-4-8-13)17(14-9-5-2-6-10-14)24-18-19-20-21-22(18)15-11-12-15/h1-10,15,17H,11-12H2/t17-/m1/s1. The third-order valence-corrected chi connectivity index (χ3v) is 5.18. The van der Waals surface area contributed by atoms with Crippen LogP contribution in [0.25, 0.3) is 0 Å². The van der Waals surface area contributed by atoms with E-state index in [-0.39, 0.29) is 11.0 Å². The molecular weight excluding hydrogens is 320 g/mol. The third kappa shape index (κ3) is 3.10. The molecule has 0 amide bonds. The van der Waals surface area contributed by atoms with Gasteiger partial charge in [0.1, 0.15) is 5.25 Å². The SMILES string of the molecule is O=C(c1ccccc1)[C@H](Sc1nnnn1C1CC1)c1ccccc1. The molecule has 0 saturated heterocycles. The second-order valence-electron chi connectivity index (χ2n) is 5.78. The minimum atomic E-state index is -0.364. The van der Waals surface area contributed by atoms with Crippen molar-refractivity contribution in [2.24, 2.45) is 0 Å². The second-order valence-corrected chi connectivity index (χ2v) is 6.85. The largest absolute Gasteiger partial charge is 0.293 e. The van der Waals surface area contributed by atoms with Crippen LogP contribution >= 0.6 is 11.8 Å². The first kappa shape index (κ1) is 15.1. The average Bonchev–Trinajstić information content (AvgIpc) is 3.39. The highest BCUT2D eigenvalue weighted by Crippen LogP contribution is 2.41. The molecule has 1 atom stereocenters. The number of carbonyl (C=O) groups is 1. The lowest BCUT2D eigenvalue weighted by Crippen LogP contribution is -2.11. The van der Waals surface area contributed by atoms with E-state index in [1.165, 1.54) is 11.8 Å². The maximum Gasteiger partial charge on any atom is 0.210 e. The molecule has 120 valence electrons. The number of aromatic nitrogens is 4. The van der Waals surface area contributed by atoms with Crippen molar-refractivity contribution < 1.29 is 4.79 Å². The van der Waals surface area contributed by atoms with Crippen molar-refractivity contribution in [3.05, 3.63) is 71.8 Å². The molecule has 1 aliphatic carbocycles. The molecule has 5 nitrogen and oxygen atoms in total. The number of carbonyl (C=O) groups excluding carboxylic acids is 1. The van der Waals surface area contributed by atoms with Crippen molar-refractivity contribution in [2.75, 3.05) is 0 Å². The topological polar surface area (TPSA) is 60.7 Å². The number of Topliss-reactive ketones (excluding diaryl/α,β-unsaturated/α-hetero) is 1. The van der Waals surface area contributed by atoms with Crippen LogP contribution in [0, 0.1) is 0 Å². The number of nitrogens with zero attached hydrogens (tertiary/aromatic N) is 4. The number of ketones is 1. The Morgan fingerprint density at radius 1 is 1.04 bits per heavy atom. The van der Waals surface area contributed by atoms with Crippen LogP contribution < -0.4 is 0 Å². The Labute approximate surface area is 144 Å². The van der Waals surface area contributed by atoms with Crippen molar-refractivity contribution in [1.82, 2.24) is 20.2 Å². The summed E-state index contributed by atoms with van der Waals surface area (Å²) in [6.45, 7) is 0. The number of benzene rings is 2. The van der Waals surface area contributed by atoms with Gasteiger partial charge in [0.05, 0.1) is 6.04 Å². The number of hydrogen-bond donors (Lipinski definition) is 0. The van der Waals surface area contributed by atoms with Crippen molar-refractivity contribution >= 4 is 17.5 Å². The molecule has 24 heavy (non-hydrogen) atoms. The summed E-state index contributed by atoms with van der Waals surface area (Å²) < 4.78 is 1.85. The molecule has 0 bridgehead atoms. The predicted molar refractivity (Wildman–Crippen MR) is 91.9 cm³/mol. The minimum absolute atomic E-state index is 0.0668. The Balaban J connectivity index is 1.68. The van der Waals surface area contributed by atoms with Crippen molar-refractivity contribution in [3.8, 4) is 0 Å². The summed E-state index contributed by atoms with van der Waals surface area (Å²) in [7, 11) is 0. The van der Waals surface area contributed by atoms with Crippen molar-refractivity contribution in [1.29, 1.82) is 0 Å². The summed E-state index contributed by atoms with van der Waals surface area (Å²) in [5.41, 5.74) is 1.66. The maximum absolute atomic E-state index is 13.1. The minimum Gasteiger partial charge on any atom is -0.293 e. The fourth-order valence-corrected chi connectivity index (χ4v) is 3.70. The highest BCUT2D eigenvalue weighted by Gasteiger charge is 2.31. The summed E-state index contributed by atoms with van der Waals surface area (Å²) in [5.74, 6) is 0.0668. The first-order valence-corrected chi connectivity index (χ1v) is 8.79. The van der Waals surface area contributed by atoms with E-state index in [0.29, 0.717) is 16.8 Å². The van der Waals surface area contributed by atoms with E-state index in [1.54, 1.807) is 0 Å². The first-order valence-electron chi connectivity index (χ1n) is 7.91. The highest BCUT2D eigenvalue weighted by atomic mass is 32.2. The molecular formula is C18H16N4OS. The second kappa shape index (κ2) is 6.57. The number of rotatable bonds is 6. The van der Waals surface area contributed by atoms with Crippen molar-refractivity contribution in [3.63, 3.8) is 0 Å². The third-order valence-electron chi connectivity index (χ3n) is 3.98. The van der Waals surface area contributed by atoms with E-state index in [9.17, 15) is 4.79 Å². The van der Waals surface area contributed by atoms with E-state index >= 15 is 0 Å².